The van der Waals surface area contributed by atoms with Crippen molar-refractivity contribution < 1.29 is 8.42 Å². The Kier molecular flexibility index (Phi) is 6.07. The highest BCUT2D eigenvalue weighted by Crippen LogP contribution is 2.27. The number of nitrogens with one attached hydrogen (secondary N) is 1. The highest BCUT2D eigenvalue weighted by Gasteiger charge is 2.27. The van der Waals surface area contributed by atoms with Crippen molar-refractivity contribution in [1.82, 2.24) is 14.5 Å². The zero-order valence-corrected chi connectivity index (χ0v) is 17.3. The van der Waals surface area contributed by atoms with Crippen LogP contribution in [0, 0.1) is 0 Å². The van der Waals surface area contributed by atoms with Crippen molar-refractivity contribution in [2.24, 2.45) is 7.05 Å². The Labute approximate surface area is 170 Å². The van der Waals surface area contributed by atoms with Crippen LogP contribution in [-0.4, -0.2) is 18.2 Å². The van der Waals surface area contributed by atoms with E-state index in [1.165, 1.54) is 12.1 Å². The Balaban J connectivity index is 2.01. The van der Waals surface area contributed by atoms with Gasteiger partial charge in [0.05, 0.1) is 16.6 Å². The third-order valence-electron chi connectivity index (χ3n) is 4.61. The van der Waals surface area contributed by atoms with Crippen molar-refractivity contribution in [3.05, 3.63) is 76.4 Å². The molecule has 0 saturated heterocycles. The maximum atomic E-state index is 13.0. The number of anilines is 1. The fourth-order valence-corrected chi connectivity index (χ4v) is 4.48. The molecule has 1 atom stereocenters. The van der Waals surface area contributed by atoms with Crippen molar-refractivity contribution in [3.63, 3.8) is 0 Å². The number of sulfonamides is 1. The van der Waals surface area contributed by atoms with Crippen molar-refractivity contribution in [3.8, 4) is 0 Å². The number of benzene rings is 2. The maximum absolute atomic E-state index is 13.0. The zero-order chi connectivity index (χ0) is 20.3. The van der Waals surface area contributed by atoms with Gasteiger partial charge >= 0.3 is 0 Å². The summed E-state index contributed by atoms with van der Waals surface area (Å²) in [7, 11) is -2.02. The van der Waals surface area contributed by atoms with E-state index < -0.39 is 16.1 Å². The molecule has 8 heteroatoms. The van der Waals surface area contributed by atoms with Gasteiger partial charge in [0.15, 0.2) is 0 Å². The number of aromatic nitrogens is 2. The first kappa shape index (κ1) is 20.4. The maximum Gasteiger partial charge on any atom is 0.241 e. The first-order valence-corrected chi connectivity index (χ1v) is 10.8. The van der Waals surface area contributed by atoms with E-state index in [0.717, 1.165) is 11.1 Å². The van der Waals surface area contributed by atoms with E-state index >= 15 is 0 Å². The van der Waals surface area contributed by atoms with Gasteiger partial charge in [-0.15, -0.1) is 0 Å². The summed E-state index contributed by atoms with van der Waals surface area (Å²) in [4.78, 5) is 0.150. The van der Waals surface area contributed by atoms with Crippen LogP contribution in [0.1, 0.15) is 29.8 Å². The van der Waals surface area contributed by atoms with Gasteiger partial charge in [-0.2, -0.15) is 5.10 Å². The van der Waals surface area contributed by atoms with Crippen LogP contribution in [-0.2, 0) is 29.9 Å². The van der Waals surface area contributed by atoms with Crippen LogP contribution in [0.2, 0.25) is 5.02 Å². The Morgan fingerprint density at radius 3 is 2.39 bits per heavy atom. The number of nitrogens with zero attached hydrogens (tertiary/aromatic N) is 2. The van der Waals surface area contributed by atoms with Gasteiger partial charge in [0.1, 0.15) is 5.82 Å². The van der Waals surface area contributed by atoms with Gasteiger partial charge in [0.2, 0.25) is 10.0 Å². The average molecular weight is 419 g/mol. The number of hydrogen-bond donors (Lipinski definition) is 2. The molecule has 3 aromatic rings. The summed E-state index contributed by atoms with van der Waals surface area (Å²) in [5.74, 6) is 0.543. The number of halogens is 1. The predicted octanol–water partition coefficient (Wildman–Crippen LogP) is 3.48. The van der Waals surface area contributed by atoms with Gasteiger partial charge in [-0.05, 0) is 42.7 Å². The van der Waals surface area contributed by atoms with Crippen molar-refractivity contribution in [1.29, 1.82) is 0 Å². The SMILES string of the molecule is CCc1c(C(Cc2ccccc2)NS(=O)(=O)c2ccc(Cl)cc2)nn(C)c1N. The average Bonchev–Trinajstić information content (AvgIpc) is 2.96. The van der Waals surface area contributed by atoms with E-state index in [4.69, 9.17) is 17.3 Å². The van der Waals surface area contributed by atoms with Crippen molar-refractivity contribution in [2.75, 3.05) is 5.73 Å². The molecule has 0 aliphatic heterocycles. The Bertz CT molecular complexity index is 1050. The molecule has 6 nitrogen and oxygen atoms in total. The third kappa shape index (κ3) is 4.38. The molecule has 148 valence electrons. The number of aryl methyl sites for hydroxylation is 1. The first-order chi connectivity index (χ1) is 13.3. The monoisotopic (exact) mass is 418 g/mol. The van der Waals surface area contributed by atoms with Crippen LogP contribution in [0.4, 0.5) is 5.82 Å². The molecule has 28 heavy (non-hydrogen) atoms. The van der Waals surface area contributed by atoms with Crippen LogP contribution < -0.4 is 10.5 Å². The molecule has 0 radical (unpaired) electrons. The fraction of sp³-hybridized carbons (Fsp3) is 0.250. The molecular weight excluding hydrogens is 396 g/mol. The highest BCUT2D eigenvalue weighted by atomic mass is 35.5. The second kappa shape index (κ2) is 8.34. The standard InChI is InChI=1S/C20H23ClN4O2S/c1-3-17-19(23-25(2)20(17)22)18(13-14-7-5-4-6-8-14)24-28(26,27)16-11-9-15(21)10-12-16/h4-12,18,24H,3,13,22H2,1-2H3. The summed E-state index contributed by atoms with van der Waals surface area (Å²) in [5, 5.41) is 4.99. The van der Waals surface area contributed by atoms with Gasteiger partial charge in [-0.3, -0.25) is 4.68 Å². The fourth-order valence-electron chi connectivity index (χ4n) is 3.16. The lowest BCUT2D eigenvalue weighted by Gasteiger charge is -2.19. The highest BCUT2D eigenvalue weighted by molar-refractivity contribution is 7.89. The minimum Gasteiger partial charge on any atom is -0.384 e. The summed E-state index contributed by atoms with van der Waals surface area (Å²) in [5.41, 5.74) is 8.63. The molecule has 1 aromatic heterocycles. The van der Waals surface area contributed by atoms with Crippen LogP contribution in [0.25, 0.3) is 0 Å². The molecule has 1 unspecified atom stereocenters. The summed E-state index contributed by atoms with van der Waals surface area (Å²) in [6, 6.07) is 15.2. The van der Waals surface area contributed by atoms with E-state index in [1.807, 2.05) is 37.3 Å². The van der Waals surface area contributed by atoms with E-state index in [-0.39, 0.29) is 4.90 Å². The van der Waals surface area contributed by atoms with Gasteiger partial charge < -0.3 is 5.73 Å². The van der Waals surface area contributed by atoms with Gasteiger partial charge in [0, 0.05) is 17.6 Å². The molecule has 0 bridgehead atoms. The first-order valence-electron chi connectivity index (χ1n) is 8.95. The molecule has 0 amide bonds. The van der Waals surface area contributed by atoms with E-state index in [1.54, 1.807) is 23.9 Å². The normalized spacial score (nSPS) is 12.8. The predicted molar refractivity (Wildman–Crippen MR) is 112 cm³/mol. The Morgan fingerprint density at radius 2 is 1.79 bits per heavy atom. The third-order valence-corrected chi connectivity index (χ3v) is 6.35. The number of nitrogens with two attached hydrogens (primary N) is 1. The molecule has 3 N–H and O–H groups in total. The topological polar surface area (TPSA) is 90.0 Å². The molecule has 1 heterocycles. The number of rotatable bonds is 7. The summed E-state index contributed by atoms with van der Waals surface area (Å²) < 4.78 is 30.4. The minimum absolute atomic E-state index is 0.150. The largest absolute Gasteiger partial charge is 0.384 e. The second-order valence-corrected chi connectivity index (χ2v) is 8.69. The molecule has 0 spiro atoms. The van der Waals surface area contributed by atoms with Crippen molar-refractivity contribution in [2.45, 2.75) is 30.7 Å². The Morgan fingerprint density at radius 1 is 1.14 bits per heavy atom. The minimum atomic E-state index is -3.77. The lowest BCUT2D eigenvalue weighted by Crippen LogP contribution is -2.31. The smallest absolute Gasteiger partial charge is 0.241 e. The van der Waals surface area contributed by atoms with E-state index in [9.17, 15) is 8.42 Å². The quantitative estimate of drug-likeness (QED) is 0.614. The molecule has 0 aliphatic rings. The van der Waals surface area contributed by atoms with Crippen LogP contribution in [0.5, 0.6) is 0 Å². The van der Waals surface area contributed by atoms with Crippen LogP contribution >= 0.6 is 11.6 Å². The van der Waals surface area contributed by atoms with Crippen LogP contribution in [0.15, 0.2) is 59.5 Å². The number of hydrogen-bond acceptors (Lipinski definition) is 4. The molecule has 3 rings (SSSR count). The summed E-state index contributed by atoms with van der Waals surface area (Å²) in [6.45, 7) is 1.98. The lowest BCUT2D eigenvalue weighted by atomic mass is 10.0. The number of nitrogen functional groups attached to an aromatic ring is 1. The molecular formula is C20H23ClN4O2S. The van der Waals surface area contributed by atoms with Crippen molar-refractivity contribution >= 4 is 27.4 Å². The van der Waals surface area contributed by atoms with Gasteiger partial charge in [-0.1, -0.05) is 48.9 Å². The van der Waals surface area contributed by atoms with E-state index in [0.29, 0.717) is 29.4 Å². The molecule has 0 saturated carbocycles. The Hall–Kier alpha value is -2.35. The summed E-state index contributed by atoms with van der Waals surface area (Å²) >= 11 is 5.89. The zero-order valence-electron chi connectivity index (χ0n) is 15.8. The van der Waals surface area contributed by atoms with Gasteiger partial charge in [-0.25, -0.2) is 13.1 Å². The van der Waals surface area contributed by atoms with E-state index in [2.05, 4.69) is 9.82 Å². The summed E-state index contributed by atoms with van der Waals surface area (Å²) in [6.07, 6.45) is 1.11. The molecule has 2 aromatic carbocycles. The van der Waals surface area contributed by atoms with Crippen LogP contribution in [0.3, 0.4) is 0 Å². The molecule has 0 aliphatic carbocycles. The molecule has 0 fully saturated rings. The second-order valence-electron chi connectivity index (χ2n) is 6.54. The van der Waals surface area contributed by atoms with Gasteiger partial charge in [0.25, 0.3) is 0 Å². The lowest BCUT2D eigenvalue weighted by molar-refractivity contribution is 0.544.